The van der Waals surface area contributed by atoms with E-state index in [4.69, 9.17) is 10.6 Å². The molecule has 0 aliphatic carbocycles. The molecule has 0 aromatic carbocycles. The highest BCUT2D eigenvalue weighted by Gasteiger charge is 2.44. The quantitative estimate of drug-likeness (QED) is 0.580. The van der Waals surface area contributed by atoms with Gasteiger partial charge in [-0.3, -0.25) is 16.2 Å². The molecule has 0 bridgehead atoms. The van der Waals surface area contributed by atoms with Crippen LogP contribution in [0, 0.1) is 5.92 Å². The normalized spacial score (nSPS) is 40.7. The van der Waals surface area contributed by atoms with E-state index in [2.05, 4.69) is 29.3 Å². The van der Waals surface area contributed by atoms with Crippen molar-refractivity contribution < 1.29 is 4.74 Å². The van der Waals surface area contributed by atoms with Gasteiger partial charge in [0.25, 0.3) is 0 Å². The molecule has 0 saturated carbocycles. The van der Waals surface area contributed by atoms with Gasteiger partial charge in [-0.2, -0.15) is 11.8 Å². The Bertz CT molecular complexity index is 351. The molecule has 4 atom stereocenters. The van der Waals surface area contributed by atoms with E-state index in [-0.39, 0.29) is 5.60 Å². The third kappa shape index (κ3) is 3.41. The Balaban J connectivity index is 1.69. The molecule has 3 aliphatic heterocycles. The van der Waals surface area contributed by atoms with Crippen molar-refractivity contribution in [1.82, 2.24) is 15.2 Å². The second-order valence-corrected chi connectivity index (χ2v) is 8.19. The van der Waals surface area contributed by atoms with Gasteiger partial charge in [0.2, 0.25) is 0 Å². The Morgan fingerprint density at radius 1 is 1.38 bits per heavy atom. The second-order valence-electron chi connectivity index (χ2n) is 7.09. The van der Waals surface area contributed by atoms with Crippen LogP contribution >= 0.6 is 11.8 Å². The molecular formula is C15H30N4OS. The highest BCUT2D eigenvalue weighted by atomic mass is 32.2. The first kappa shape index (κ1) is 16.0. The van der Waals surface area contributed by atoms with E-state index in [0.29, 0.717) is 18.0 Å². The van der Waals surface area contributed by atoms with Gasteiger partial charge in [0.15, 0.2) is 0 Å². The number of rotatable bonds is 3. The number of thioether (sulfide) groups is 1. The highest BCUT2D eigenvalue weighted by Crippen LogP contribution is 2.42. The van der Waals surface area contributed by atoms with Crippen LogP contribution in [0.2, 0.25) is 0 Å². The first-order valence-corrected chi connectivity index (χ1v) is 9.36. The summed E-state index contributed by atoms with van der Waals surface area (Å²) in [7, 11) is 4.45. The second kappa shape index (κ2) is 6.72. The highest BCUT2D eigenvalue weighted by molar-refractivity contribution is 7.99. The van der Waals surface area contributed by atoms with Crippen molar-refractivity contribution in [2.24, 2.45) is 11.8 Å². The zero-order chi connectivity index (χ0) is 14.9. The fraction of sp³-hybridized carbons (Fsp3) is 1.00. The number of likely N-dealkylation sites (N-methyl/N-ethyl adjacent to an activating group) is 2. The van der Waals surface area contributed by atoms with Gasteiger partial charge in [-0.25, -0.2) is 0 Å². The first-order chi connectivity index (χ1) is 10.1. The standard InChI is InChI=1S/C15H30N4OS/c1-18-5-6-19(2)13(10-18)14(17-16)12-3-7-20-15(9-12)4-8-21-11-15/h12-14,17H,3-11,16H2,1-2H3. The van der Waals surface area contributed by atoms with E-state index in [1.54, 1.807) is 0 Å². The van der Waals surface area contributed by atoms with Crippen LogP contribution < -0.4 is 11.3 Å². The number of nitrogens with zero attached hydrogens (tertiary/aromatic N) is 2. The van der Waals surface area contributed by atoms with Gasteiger partial charge in [-0.1, -0.05) is 0 Å². The minimum Gasteiger partial charge on any atom is -0.374 e. The lowest BCUT2D eigenvalue weighted by atomic mass is 9.78. The third-order valence-electron chi connectivity index (χ3n) is 5.61. The van der Waals surface area contributed by atoms with Crippen molar-refractivity contribution in [3.8, 4) is 0 Å². The number of hydrazine groups is 1. The molecular weight excluding hydrogens is 284 g/mol. The number of hydrogen-bond acceptors (Lipinski definition) is 6. The minimum atomic E-state index is 0.141. The van der Waals surface area contributed by atoms with E-state index in [9.17, 15) is 0 Å². The maximum Gasteiger partial charge on any atom is 0.0783 e. The van der Waals surface area contributed by atoms with Crippen molar-refractivity contribution in [3.05, 3.63) is 0 Å². The smallest absolute Gasteiger partial charge is 0.0783 e. The average Bonchev–Trinajstić information content (AvgIpc) is 2.91. The lowest BCUT2D eigenvalue weighted by Crippen LogP contribution is -2.63. The molecule has 3 rings (SSSR count). The molecule has 122 valence electrons. The number of nitrogens with two attached hydrogens (primary N) is 1. The van der Waals surface area contributed by atoms with Gasteiger partial charge in [0, 0.05) is 44.1 Å². The van der Waals surface area contributed by atoms with E-state index >= 15 is 0 Å². The summed E-state index contributed by atoms with van der Waals surface area (Å²) in [5, 5.41) is 0. The third-order valence-corrected chi connectivity index (χ3v) is 6.84. The largest absolute Gasteiger partial charge is 0.374 e. The van der Waals surface area contributed by atoms with E-state index in [1.807, 2.05) is 11.8 Å². The molecule has 21 heavy (non-hydrogen) atoms. The number of hydrogen-bond donors (Lipinski definition) is 2. The molecule has 3 heterocycles. The molecule has 0 radical (unpaired) electrons. The topological polar surface area (TPSA) is 53.8 Å². The molecule has 3 aliphatic rings. The molecule has 1 spiro atoms. The SMILES string of the molecule is CN1CCN(C)C(C(NN)C2CCOC3(CCSC3)C2)C1. The van der Waals surface area contributed by atoms with Crippen molar-refractivity contribution in [3.63, 3.8) is 0 Å². The van der Waals surface area contributed by atoms with Crippen LogP contribution in [0.1, 0.15) is 19.3 Å². The maximum absolute atomic E-state index is 6.17. The van der Waals surface area contributed by atoms with Crippen LogP contribution in [-0.2, 0) is 4.74 Å². The number of ether oxygens (including phenoxy) is 1. The van der Waals surface area contributed by atoms with Crippen molar-refractivity contribution in [2.75, 3.05) is 51.8 Å². The fourth-order valence-electron chi connectivity index (χ4n) is 4.23. The summed E-state index contributed by atoms with van der Waals surface area (Å²) < 4.78 is 6.17. The predicted octanol–water partition coefficient (Wildman–Crippen LogP) is 0.366. The zero-order valence-electron chi connectivity index (χ0n) is 13.4. The Labute approximate surface area is 132 Å². The van der Waals surface area contributed by atoms with Crippen molar-refractivity contribution in [1.29, 1.82) is 0 Å². The summed E-state index contributed by atoms with van der Waals surface area (Å²) in [6, 6.07) is 0.868. The molecule has 0 aromatic rings. The summed E-state index contributed by atoms with van der Waals surface area (Å²) in [6.07, 6.45) is 3.52. The van der Waals surface area contributed by atoms with Gasteiger partial charge in [0.05, 0.1) is 5.60 Å². The maximum atomic E-state index is 6.17. The van der Waals surface area contributed by atoms with Gasteiger partial charge in [0.1, 0.15) is 0 Å². The van der Waals surface area contributed by atoms with Crippen LogP contribution in [0.25, 0.3) is 0 Å². The molecule has 4 unspecified atom stereocenters. The zero-order valence-corrected chi connectivity index (χ0v) is 14.2. The van der Waals surface area contributed by atoms with Gasteiger partial charge in [-0.15, -0.1) is 0 Å². The lowest BCUT2D eigenvalue weighted by Gasteiger charge is -2.47. The summed E-state index contributed by atoms with van der Waals surface area (Å²) in [6.45, 7) is 4.28. The van der Waals surface area contributed by atoms with Crippen molar-refractivity contribution >= 4 is 11.8 Å². The number of nitrogens with one attached hydrogen (secondary N) is 1. The van der Waals surface area contributed by atoms with Crippen LogP contribution in [0.15, 0.2) is 0 Å². The van der Waals surface area contributed by atoms with Gasteiger partial charge in [-0.05, 0) is 45.0 Å². The van der Waals surface area contributed by atoms with Crippen LogP contribution in [0.3, 0.4) is 0 Å². The summed E-state index contributed by atoms with van der Waals surface area (Å²) in [4.78, 5) is 4.91. The van der Waals surface area contributed by atoms with Crippen LogP contribution in [-0.4, -0.2) is 79.3 Å². The molecule has 0 aromatic heterocycles. The Kier molecular flexibility index (Phi) is 5.13. The van der Waals surface area contributed by atoms with E-state index < -0.39 is 0 Å². The summed E-state index contributed by atoms with van der Waals surface area (Å²) >= 11 is 2.04. The Morgan fingerprint density at radius 3 is 2.95 bits per heavy atom. The van der Waals surface area contributed by atoms with Gasteiger partial charge < -0.3 is 9.64 Å². The molecule has 6 heteroatoms. The minimum absolute atomic E-state index is 0.141. The molecule has 5 nitrogen and oxygen atoms in total. The Morgan fingerprint density at radius 2 is 2.24 bits per heavy atom. The van der Waals surface area contributed by atoms with E-state index in [1.165, 1.54) is 24.3 Å². The summed E-state index contributed by atoms with van der Waals surface area (Å²) in [5.74, 6) is 9.03. The summed E-state index contributed by atoms with van der Waals surface area (Å²) in [5.41, 5.74) is 3.31. The predicted molar refractivity (Wildman–Crippen MR) is 88.4 cm³/mol. The van der Waals surface area contributed by atoms with Crippen LogP contribution in [0.5, 0.6) is 0 Å². The molecule has 3 fully saturated rings. The fourth-order valence-corrected chi connectivity index (χ4v) is 5.61. The van der Waals surface area contributed by atoms with Crippen LogP contribution in [0.4, 0.5) is 0 Å². The average molecular weight is 314 g/mol. The first-order valence-electron chi connectivity index (χ1n) is 8.20. The number of piperazine rings is 1. The Hall–Kier alpha value is 0.150. The molecule has 3 saturated heterocycles. The monoisotopic (exact) mass is 314 g/mol. The van der Waals surface area contributed by atoms with Crippen molar-refractivity contribution in [2.45, 2.75) is 36.9 Å². The lowest BCUT2D eigenvalue weighted by molar-refractivity contribution is -0.0917. The van der Waals surface area contributed by atoms with Gasteiger partial charge >= 0.3 is 0 Å². The van der Waals surface area contributed by atoms with E-state index in [0.717, 1.165) is 32.7 Å². The molecule has 0 amide bonds. The molecule has 3 N–H and O–H groups in total.